The largest absolute Gasteiger partial charge is 0.346 e. The summed E-state index contributed by atoms with van der Waals surface area (Å²) >= 11 is 0. The summed E-state index contributed by atoms with van der Waals surface area (Å²) < 4.78 is 0. The maximum absolute atomic E-state index is 12.1. The summed E-state index contributed by atoms with van der Waals surface area (Å²) in [5, 5.41) is 20.9. The fourth-order valence-corrected chi connectivity index (χ4v) is 3.40. The highest BCUT2D eigenvalue weighted by molar-refractivity contribution is 5.92. The molecule has 0 bridgehead atoms. The lowest BCUT2D eigenvalue weighted by molar-refractivity contribution is 0.0893. The van der Waals surface area contributed by atoms with Crippen molar-refractivity contribution in [1.29, 1.82) is 0 Å². The Morgan fingerprint density at radius 3 is 1.29 bits per heavy atom. The molecular weight excluding hydrogens is 308 g/mol. The quantitative estimate of drug-likeness (QED) is 0.862. The van der Waals surface area contributed by atoms with Crippen molar-refractivity contribution in [2.24, 2.45) is 0 Å². The first-order chi connectivity index (χ1) is 11.7. The van der Waals surface area contributed by atoms with Gasteiger partial charge in [-0.25, -0.2) is 0 Å². The van der Waals surface area contributed by atoms with Gasteiger partial charge in [0, 0.05) is 12.1 Å². The summed E-state index contributed by atoms with van der Waals surface area (Å²) in [7, 11) is 0. The number of nitrogens with zero attached hydrogens (tertiary/aromatic N) is 4. The highest BCUT2D eigenvalue weighted by Gasteiger charge is 2.22. The Labute approximate surface area is 141 Å². The Balaban J connectivity index is 1.53. The van der Waals surface area contributed by atoms with Crippen LogP contribution in [0.25, 0.3) is 0 Å². The molecule has 1 aromatic heterocycles. The molecule has 0 aromatic carbocycles. The fraction of sp³-hybridized carbons (Fsp3) is 0.750. The third kappa shape index (κ3) is 4.46. The molecule has 2 amide bonds. The number of carbonyl (C=O) groups excluding carboxylic acids is 2. The molecule has 2 N–H and O–H groups in total. The van der Waals surface area contributed by atoms with Crippen LogP contribution >= 0.6 is 0 Å². The van der Waals surface area contributed by atoms with Crippen molar-refractivity contribution in [2.45, 2.75) is 76.3 Å². The molecule has 0 unspecified atom stereocenters. The van der Waals surface area contributed by atoms with E-state index in [4.69, 9.17) is 0 Å². The summed E-state index contributed by atoms with van der Waals surface area (Å²) in [6.45, 7) is 0. The average Bonchev–Trinajstić information content (AvgIpc) is 2.63. The average molecular weight is 332 g/mol. The van der Waals surface area contributed by atoms with Gasteiger partial charge in [0.2, 0.25) is 0 Å². The topological polar surface area (TPSA) is 110 Å². The van der Waals surface area contributed by atoms with Crippen LogP contribution in [0.4, 0.5) is 0 Å². The highest BCUT2D eigenvalue weighted by Crippen LogP contribution is 2.18. The van der Waals surface area contributed by atoms with E-state index < -0.39 is 0 Å². The molecule has 0 aliphatic heterocycles. The van der Waals surface area contributed by atoms with Gasteiger partial charge in [0.05, 0.1) is 0 Å². The van der Waals surface area contributed by atoms with E-state index in [1.165, 1.54) is 12.8 Å². The van der Waals surface area contributed by atoms with Crippen LogP contribution in [0.1, 0.15) is 85.4 Å². The molecule has 1 aromatic rings. The Bertz CT molecular complexity index is 513. The molecule has 2 aliphatic carbocycles. The predicted molar refractivity (Wildman–Crippen MR) is 86.3 cm³/mol. The smallest absolute Gasteiger partial charge is 0.293 e. The van der Waals surface area contributed by atoms with Crippen molar-refractivity contribution in [1.82, 2.24) is 31.0 Å². The second-order valence-corrected chi connectivity index (χ2v) is 6.66. The lowest BCUT2D eigenvalue weighted by Gasteiger charge is -2.22. The number of aromatic nitrogens is 4. The lowest BCUT2D eigenvalue weighted by Crippen LogP contribution is -2.39. The second-order valence-electron chi connectivity index (χ2n) is 6.66. The molecule has 2 aliphatic rings. The van der Waals surface area contributed by atoms with E-state index in [-0.39, 0.29) is 35.5 Å². The minimum absolute atomic E-state index is 0.0882. The van der Waals surface area contributed by atoms with E-state index in [1.807, 2.05) is 0 Å². The van der Waals surface area contributed by atoms with Crippen LogP contribution in [0, 0.1) is 0 Å². The van der Waals surface area contributed by atoms with Crippen molar-refractivity contribution in [3.05, 3.63) is 11.6 Å². The van der Waals surface area contributed by atoms with Crippen LogP contribution in [0.15, 0.2) is 0 Å². The third-order valence-electron chi connectivity index (χ3n) is 4.77. The summed E-state index contributed by atoms with van der Waals surface area (Å²) in [6.07, 6.45) is 10.9. The predicted octanol–water partition coefficient (Wildman–Crippen LogP) is 1.39. The van der Waals surface area contributed by atoms with Gasteiger partial charge in [-0.05, 0) is 25.7 Å². The van der Waals surface area contributed by atoms with Crippen LogP contribution in [-0.2, 0) is 0 Å². The Morgan fingerprint density at radius 2 is 0.958 bits per heavy atom. The number of hydrogen-bond acceptors (Lipinski definition) is 6. The zero-order chi connectivity index (χ0) is 16.8. The van der Waals surface area contributed by atoms with Gasteiger partial charge in [-0.3, -0.25) is 9.59 Å². The van der Waals surface area contributed by atoms with E-state index in [1.54, 1.807) is 0 Å². The SMILES string of the molecule is O=C(NC1CCCCC1)c1nnc(C(=O)NC2CCCCC2)nn1. The van der Waals surface area contributed by atoms with E-state index in [0.29, 0.717) is 0 Å². The number of carbonyl (C=O) groups is 2. The van der Waals surface area contributed by atoms with Crippen LogP contribution in [-0.4, -0.2) is 44.3 Å². The number of rotatable bonds is 4. The molecular formula is C16H24N6O2. The van der Waals surface area contributed by atoms with Crippen molar-refractivity contribution < 1.29 is 9.59 Å². The van der Waals surface area contributed by atoms with Gasteiger partial charge < -0.3 is 10.6 Å². The molecule has 0 spiro atoms. The Morgan fingerprint density at radius 1 is 0.625 bits per heavy atom. The molecule has 2 saturated carbocycles. The van der Waals surface area contributed by atoms with Gasteiger partial charge in [-0.2, -0.15) is 0 Å². The normalized spacial score (nSPS) is 19.7. The first-order valence-corrected chi connectivity index (χ1v) is 8.91. The Hall–Kier alpha value is -2.12. The monoisotopic (exact) mass is 332 g/mol. The molecule has 0 radical (unpaired) electrons. The van der Waals surface area contributed by atoms with Gasteiger partial charge in [0.15, 0.2) is 0 Å². The van der Waals surface area contributed by atoms with Gasteiger partial charge in [0.1, 0.15) is 0 Å². The van der Waals surface area contributed by atoms with E-state index in [9.17, 15) is 9.59 Å². The van der Waals surface area contributed by atoms with Crippen molar-refractivity contribution in [3.63, 3.8) is 0 Å². The summed E-state index contributed by atoms with van der Waals surface area (Å²) in [6, 6.07) is 0.341. The first kappa shape index (κ1) is 16.7. The molecule has 1 heterocycles. The van der Waals surface area contributed by atoms with Crippen LogP contribution in [0.2, 0.25) is 0 Å². The summed E-state index contributed by atoms with van der Waals surface area (Å²) in [4.78, 5) is 24.2. The molecule has 130 valence electrons. The maximum Gasteiger partial charge on any atom is 0.293 e. The van der Waals surface area contributed by atoms with Crippen LogP contribution in [0.3, 0.4) is 0 Å². The number of nitrogens with one attached hydrogen (secondary N) is 2. The van der Waals surface area contributed by atoms with Crippen molar-refractivity contribution in [2.75, 3.05) is 0 Å². The molecule has 8 heteroatoms. The summed E-state index contributed by atoms with van der Waals surface area (Å²) in [5.41, 5.74) is 0. The van der Waals surface area contributed by atoms with Crippen molar-refractivity contribution in [3.8, 4) is 0 Å². The zero-order valence-electron chi connectivity index (χ0n) is 13.8. The van der Waals surface area contributed by atoms with E-state index in [2.05, 4.69) is 31.0 Å². The minimum Gasteiger partial charge on any atom is -0.346 e. The second kappa shape index (κ2) is 8.12. The van der Waals surface area contributed by atoms with E-state index in [0.717, 1.165) is 51.4 Å². The molecule has 8 nitrogen and oxygen atoms in total. The first-order valence-electron chi connectivity index (χ1n) is 8.91. The fourth-order valence-electron chi connectivity index (χ4n) is 3.40. The van der Waals surface area contributed by atoms with Crippen molar-refractivity contribution >= 4 is 11.8 Å². The van der Waals surface area contributed by atoms with E-state index >= 15 is 0 Å². The Kier molecular flexibility index (Phi) is 5.66. The minimum atomic E-state index is -0.374. The zero-order valence-corrected chi connectivity index (χ0v) is 13.8. The third-order valence-corrected chi connectivity index (χ3v) is 4.77. The molecule has 0 saturated heterocycles. The van der Waals surface area contributed by atoms with Gasteiger partial charge >= 0.3 is 0 Å². The van der Waals surface area contributed by atoms with Crippen LogP contribution < -0.4 is 10.6 Å². The number of amides is 2. The molecule has 3 rings (SSSR count). The standard InChI is InChI=1S/C16H24N6O2/c23-15(17-11-7-3-1-4-8-11)13-19-21-14(22-20-13)16(24)18-12-9-5-2-6-10-12/h11-12H,1-10H2,(H,17,23)(H,18,24). The lowest BCUT2D eigenvalue weighted by atomic mass is 9.95. The van der Waals surface area contributed by atoms with Gasteiger partial charge in [-0.1, -0.05) is 38.5 Å². The van der Waals surface area contributed by atoms with Gasteiger partial charge in [0.25, 0.3) is 23.5 Å². The summed E-state index contributed by atoms with van der Waals surface area (Å²) in [5.74, 6) is -0.924. The van der Waals surface area contributed by atoms with Gasteiger partial charge in [-0.15, -0.1) is 20.4 Å². The molecule has 24 heavy (non-hydrogen) atoms. The molecule has 0 atom stereocenters. The van der Waals surface area contributed by atoms with Crippen LogP contribution in [0.5, 0.6) is 0 Å². The highest BCUT2D eigenvalue weighted by atomic mass is 16.2. The molecule has 2 fully saturated rings. The number of hydrogen-bond donors (Lipinski definition) is 2. The maximum atomic E-state index is 12.1.